The second kappa shape index (κ2) is 6.31. The van der Waals surface area contributed by atoms with Gasteiger partial charge < -0.3 is 19.6 Å². The molecule has 0 spiro atoms. The van der Waals surface area contributed by atoms with Gasteiger partial charge in [0.2, 0.25) is 0 Å². The fourth-order valence-electron chi connectivity index (χ4n) is 2.86. The van der Waals surface area contributed by atoms with Crippen LogP contribution in [0.2, 0.25) is 0 Å². The number of rotatable bonds is 3. The summed E-state index contributed by atoms with van der Waals surface area (Å²) in [6.45, 7) is 3.41. The molecular weight excluding hydrogens is 286 g/mol. The Morgan fingerprint density at radius 1 is 1.23 bits per heavy atom. The first-order chi connectivity index (χ1) is 10.6. The summed E-state index contributed by atoms with van der Waals surface area (Å²) in [4.78, 5) is 31.0. The van der Waals surface area contributed by atoms with Crippen molar-refractivity contribution in [3.05, 3.63) is 24.0 Å². The molecule has 3 heterocycles. The Morgan fingerprint density at radius 3 is 2.55 bits per heavy atom. The Kier molecular flexibility index (Phi) is 4.24. The molecule has 7 nitrogen and oxygen atoms in total. The number of aromatic nitrogens is 1. The Hall–Kier alpha value is -2.15. The Balaban J connectivity index is 1.57. The molecule has 1 amide bonds. The molecule has 2 aliphatic rings. The molecule has 1 N–H and O–H groups in total. The van der Waals surface area contributed by atoms with Crippen molar-refractivity contribution in [2.75, 3.05) is 37.7 Å². The van der Waals surface area contributed by atoms with Gasteiger partial charge in [0, 0.05) is 32.8 Å². The molecule has 0 saturated carbocycles. The van der Waals surface area contributed by atoms with Crippen molar-refractivity contribution in [2.24, 2.45) is 0 Å². The van der Waals surface area contributed by atoms with Crippen LogP contribution in [-0.4, -0.2) is 65.8 Å². The van der Waals surface area contributed by atoms with Gasteiger partial charge in [-0.25, -0.2) is 9.78 Å². The second-order valence-electron chi connectivity index (χ2n) is 5.52. The van der Waals surface area contributed by atoms with Crippen LogP contribution in [0, 0.1) is 0 Å². The average molecular weight is 305 g/mol. The fourth-order valence-corrected chi connectivity index (χ4v) is 2.86. The van der Waals surface area contributed by atoms with Gasteiger partial charge >= 0.3 is 5.97 Å². The van der Waals surface area contributed by atoms with Crippen LogP contribution in [-0.2, 0) is 9.53 Å². The summed E-state index contributed by atoms with van der Waals surface area (Å²) in [5.41, 5.74) is 0.921. The quantitative estimate of drug-likeness (QED) is 0.881. The van der Waals surface area contributed by atoms with Gasteiger partial charge in [0.05, 0.1) is 11.9 Å². The van der Waals surface area contributed by atoms with E-state index in [1.54, 1.807) is 12.3 Å². The highest BCUT2D eigenvalue weighted by Crippen LogP contribution is 2.19. The maximum absolute atomic E-state index is 12.3. The van der Waals surface area contributed by atoms with Gasteiger partial charge in [-0.2, -0.15) is 0 Å². The first-order valence-corrected chi connectivity index (χ1v) is 7.50. The molecule has 0 radical (unpaired) electrons. The molecule has 1 atom stereocenters. The first kappa shape index (κ1) is 14.8. The molecule has 3 rings (SSSR count). The highest BCUT2D eigenvalue weighted by Gasteiger charge is 2.30. The average Bonchev–Trinajstić information content (AvgIpc) is 3.09. The number of carbonyl (C=O) groups is 2. The summed E-state index contributed by atoms with van der Waals surface area (Å²) in [6, 6.07) is 3.26. The molecule has 2 aliphatic heterocycles. The lowest BCUT2D eigenvalue weighted by atomic mass is 10.2. The van der Waals surface area contributed by atoms with Crippen LogP contribution in [0.1, 0.15) is 23.3 Å². The van der Waals surface area contributed by atoms with Crippen molar-refractivity contribution in [1.82, 2.24) is 9.88 Å². The molecule has 0 aliphatic carbocycles. The minimum absolute atomic E-state index is 0.0379. The van der Waals surface area contributed by atoms with E-state index in [1.165, 1.54) is 6.07 Å². The van der Waals surface area contributed by atoms with E-state index in [2.05, 4.69) is 9.88 Å². The molecule has 2 saturated heterocycles. The molecule has 118 valence electrons. The molecule has 22 heavy (non-hydrogen) atoms. The van der Waals surface area contributed by atoms with E-state index in [1.807, 2.05) is 4.90 Å². The van der Waals surface area contributed by atoms with E-state index in [0.717, 1.165) is 18.5 Å². The van der Waals surface area contributed by atoms with Gasteiger partial charge in [-0.1, -0.05) is 0 Å². The van der Waals surface area contributed by atoms with Crippen molar-refractivity contribution in [3.63, 3.8) is 0 Å². The highest BCUT2D eigenvalue weighted by atomic mass is 16.5. The lowest BCUT2D eigenvalue weighted by molar-refractivity contribution is -0.141. The molecule has 2 fully saturated rings. The number of ether oxygens (including phenoxy) is 1. The molecule has 7 heteroatoms. The molecule has 0 aromatic carbocycles. The number of aromatic carboxylic acids is 1. The van der Waals surface area contributed by atoms with Gasteiger partial charge in [0.25, 0.3) is 5.91 Å². The third-order valence-corrected chi connectivity index (χ3v) is 4.13. The number of piperazine rings is 1. The minimum Gasteiger partial charge on any atom is -0.477 e. The van der Waals surface area contributed by atoms with Crippen molar-refractivity contribution < 1.29 is 19.4 Å². The van der Waals surface area contributed by atoms with Gasteiger partial charge in [-0.15, -0.1) is 0 Å². The summed E-state index contributed by atoms with van der Waals surface area (Å²) in [5.74, 6) is -0.935. The smallest absolute Gasteiger partial charge is 0.354 e. The van der Waals surface area contributed by atoms with Crippen molar-refractivity contribution >= 4 is 17.6 Å². The van der Waals surface area contributed by atoms with E-state index in [9.17, 15) is 9.59 Å². The summed E-state index contributed by atoms with van der Waals surface area (Å²) in [7, 11) is 0. The van der Waals surface area contributed by atoms with Crippen LogP contribution in [0.4, 0.5) is 5.69 Å². The number of carboxylic acid groups (broad SMARTS) is 1. The van der Waals surface area contributed by atoms with Crippen LogP contribution in [0.3, 0.4) is 0 Å². The van der Waals surface area contributed by atoms with E-state index in [-0.39, 0.29) is 17.7 Å². The fraction of sp³-hybridized carbons (Fsp3) is 0.533. The second-order valence-corrected chi connectivity index (χ2v) is 5.52. The monoisotopic (exact) mass is 305 g/mol. The number of anilines is 1. The summed E-state index contributed by atoms with van der Waals surface area (Å²) >= 11 is 0. The van der Waals surface area contributed by atoms with Crippen LogP contribution in [0.15, 0.2) is 18.3 Å². The molecular formula is C15H19N3O4. The van der Waals surface area contributed by atoms with E-state index in [4.69, 9.17) is 9.84 Å². The number of nitrogens with zero attached hydrogens (tertiary/aromatic N) is 3. The number of amides is 1. The molecule has 1 unspecified atom stereocenters. The van der Waals surface area contributed by atoms with Crippen LogP contribution in [0.5, 0.6) is 0 Å². The highest BCUT2D eigenvalue weighted by molar-refractivity contribution is 5.85. The largest absolute Gasteiger partial charge is 0.477 e. The van der Waals surface area contributed by atoms with Crippen molar-refractivity contribution in [1.29, 1.82) is 0 Å². The third-order valence-electron chi connectivity index (χ3n) is 4.13. The Morgan fingerprint density at radius 2 is 2.00 bits per heavy atom. The molecule has 1 aromatic heterocycles. The topological polar surface area (TPSA) is 83.0 Å². The van der Waals surface area contributed by atoms with E-state index >= 15 is 0 Å². The minimum atomic E-state index is -1.03. The zero-order chi connectivity index (χ0) is 15.5. The van der Waals surface area contributed by atoms with Gasteiger partial charge in [0.15, 0.2) is 0 Å². The zero-order valence-electron chi connectivity index (χ0n) is 12.3. The SMILES string of the molecule is O=C(O)c1ccc(N2CCN(C(=O)C3CCCO3)CC2)cn1. The van der Waals surface area contributed by atoms with Gasteiger partial charge in [-0.3, -0.25) is 4.79 Å². The predicted octanol–water partition coefficient (Wildman–Crippen LogP) is 0.607. The number of carbonyl (C=O) groups excluding carboxylic acids is 1. The van der Waals surface area contributed by atoms with Gasteiger partial charge in [-0.05, 0) is 25.0 Å². The maximum Gasteiger partial charge on any atom is 0.354 e. The zero-order valence-corrected chi connectivity index (χ0v) is 12.3. The predicted molar refractivity (Wildman–Crippen MR) is 79.0 cm³/mol. The van der Waals surface area contributed by atoms with Crippen LogP contribution < -0.4 is 4.90 Å². The Labute approximate surface area is 128 Å². The number of hydrogen-bond donors (Lipinski definition) is 1. The normalized spacial score (nSPS) is 21.9. The molecule has 0 bridgehead atoms. The van der Waals surface area contributed by atoms with Crippen molar-refractivity contribution in [3.8, 4) is 0 Å². The van der Waals surface area contributed by atoms with Crippen LogP contribution >= 0.6 is 0 Å². The molecule has 1 aromatic rings. The Bertz CT molecular complexity index is 546. The van der Waals surface area contributed by atoms with Crippen LogP contribution in [0.25, 0.3) is 0 Å². The number of hydrogen-bond acceptors (Lipinski definition) is 5. The van der Waals surface area contributed by atoms with E-state index in [0.29, 0.717) is 32.8 Å². The first-order valence-electron chi connectivity index (χ1n) is 7.50. The van der Waals surface area contributed by atoms with Crippen molar-refractivity contribution in [2.45, 2.75) is 18.9 Å². The standard InChI is InChI=1S/C15H19N3O4/c19-14(13-2-1-9-22-13)18-7-5-17(6-8-18)11-3-4-12(15(20)21)16-10-11/h3-4,10,13H,1-2,5-9H2,(H,20,21). The lowest BCUT2D eigenvalue weighted by Crippen LogP contribution is -2.51. The van der Waals surface area contributed by atoms with Gasteiger partial charge in [0.1, 0.15) is 11.8 Å². The number of pyridine rings is 1. The lowest BCUT2D eigenvalue weighted by Gasteiger charge is -2.36. The third kappa shape index (κ3) is 3.04. The summed E-state index contributed by atoms with van der Waals surface area (Å²) in [6.07, 6.45) is 3.08. The number of carboxylic acids is 1. The maximum atomic E-state index is 12.3. The van der Waals surface area contributed by atoms with E-state index < -0.39 is 5.97 Å². The summed E-state index contributed by atoms with van der Waals surface area (Å²) < 4.78 is 5.44. The summed E-state index contributed by atoms with van der Waals surface area (Å²) in [5, 5.41) is 8.85.